The van der Waals surface area contributed by atoms with E-state index in [4.69, 9.17) is 0 Å². The van der Waals surface area contributed by atoms with Gasteiger partial charge in [0.1, 0.15) is 5.54 Å². The second kappa shape index (κ2) is 8.46. The fourth-order valence-corrected chi connectivity index (χ4v) is 1.89. The molecule has 2 N–H and O–H groups in total. The van der Waals surface area contributed by atoms with Crippen LogP contribution < -0.4 is 5.32 Å². The number of alkyl halides is 3. The number of hydrogen-bond acceptors (Lipinski definition) is 3. The molecule has 0 radical (unpaired) electrons. The lowest BCUT2D eigenvalue weighted by Crippen LogP contribution is -2.52. The standard InChI is InChI=1S/C13H25F3N2O2/c1-4-7-17-12(3,11(19)20)6-9-18(8-5-2)10-13(14,15)16/h17H,4-10H2,1-3H3,(H,19,20). The Kier molecular flexibility index (Phi) is 8.12. The highest BCUT2D eigenvalue weighted by Crippen LogP contribution is 2.18. The third-order valence-corrected chi connectivity index (χ3v) is 3.11. The molecule has 0 aliphatic heterocycles. The van der Waals surface area contributed by atoms with E-state index in [0.29, 0.717) is 19.5 Å². The summed E-state index contributed by atoms with van der Waals surface area (Å²) >= 11 is 0. The van der Waals surface area contributed by atoms with Crippen molar-refractivity contribution < 1.29 is 23.1 Å². The van der Waals surface area contributed by atoms with Crippen LogP contribution in [0.5, 0.6) is 0 Å². The number of carboxylic acids is 1. The first kappa shape index (κ1) is 19.2. The van der Waals surface area contributed by atoms with E-state index >= 15 is 0 Å². The van der Waals surface area contributed by atoms with Crippen molar-refractivity contribution in [2.24, 2.45) is 0 Å². The van der Waals surface area contributed by atoms with Gasteiger partial charge < -0.3 is 10.4 Å². The predicted octanol–water partition coefficient (Wildman–Crippen LogP) is 2.49. The zero-order valence-corrected chi connectivity index (χ0v) is 12.4. The van der Waals surface area contributed by atoms with Crippen molar-refractivity contribution in [3.63, 3.8) is 0 Å². The Hall–Kier alpha value is -0.820. The van der Waals surface area contributed by atoms with E-state index < -0.39 is 24.2 Å². The Morgan fingerprint density at radius 1 is 1.20 bits per heavy atom. The van der Waals surface area contributed by atoms with Crippen molar-refractivity contribution in [1.82, 2.24) is 10.2 Å². The van der Waals surface area contributed by atoms with Gasteiger partial charge in [-0.2, -0.15) is 13.2 Å². The molecule has 0 saturated carbocycles. The van der Waals surface area contributed by atoms with E-state index in [2.05, 4.69) is 5.32 Å². The largest absolute Gasteiger partial charge is 0.480 e. The molecule has 1 atom stereocenters. The van der Waals surface area contributed by atoms with Crippen LogP contribution in [-0.4, -0.2) is 53.9 Å². The van der Waals surface area contributed by atoms with E-state index in [0.717, 1.165) is 6.42 Å². The van der Waals surface area contributed by atoms with Crippen LogP contribution >= 0.6 is 0 Å². The molecule has 4 nitrogen and oxygen atoms in total. The third kappa shape index (κ3) is 7.69. The molecule has 0 aromatic carbocycles. The quantitative estimate of drug-likeness (QED) is 0.650. The van der Waals surface area contributed by atoms with Gasteiger partial charge in [0.2, 0.25) is 0 Å². The van der Waals surface area contributed by atoms with Gasteiger partial charge in [0.05, 0.1) is 6.54 Å². The minimum atomic E-state index is -4.26. The van der Waals surface area contributed by atoms with Crippen LogP contribution in [0, 0.1) is 0 Å². The highest BCUT2D eigenvalue weighted by Gasteiger charge is 2.35. The molecule has 0 saturated heterocycles. The Labute approximate surface area is 118 Å². The highest BCUT2D eigenvalue weighted by atomic mass is 19.4. The number of carbonyl (C=O) groups is 1. The fourth-order valence-electron chi connectivity index (χ4n) is 1.89. The van der Waals surface area contributed by atoms with Gasteiger partial charge in [-0.25, -0.2) is 0 Å². The summed E-state index contributed by atoms with van der Waals surface area (Å²) in [5.74, 6) is -1.03. The highest BCUT2D eigenvalue weighted by molar-refractivity contribution is 5.78. The Balaban J connectivity index is 4.58. The zero-order valence-electron chi connectivity index (χ0n) is 12.4. The zero-order chi connectivity index (χ0) is 15.8. The summed E-state index contributed by atoms with van der Waals surface area (Å²) in [7, 11) is 0. The van der Waals surface area contributed by atoms with Crippen molar-refractivity contribution in [2.75, 3.05) is 26.2 Å². The molecule has 0 aliphatic rings. The summed E-state index contributed by atoms with van der Waals surface area (Å²) in [5, 5.41) is 12.1. The molecule has 0 aliphatic carbocycles. The number of rotatable bonds is 10. The molecular weight excluding hydrogens is 273 g/mol. The average Bonchev–Trinajstić information content (AvgIpc) is 2.31. The summed E-state index contributed by atoms with van der Waals surface area (Å²) < 4.78 is 37.3. The summed E-state index contributed by atoms with van der Waals surface area (Å²) in [6, 6.07) is 0. The van der Waals surface area contributed by atoms with Gasteiger partial charge in [-0.15, -0.1) is 0 Å². The molecule has 120 valence electrons. The summed E-state index contributed by atoms with van der Waals surface area (Å²) in [6.45, 7) is 5.16. The first-order valence-corrected chi connectivity index (χ1v) is 6.92. The molecule has 0 bridgehead atoms. The van der Waals surface area contributed by atoms with E-state index in [1.165, 1.54) is 11.8 Å². The van der Waals surface area contributed by atoms with Crippen LogP contribution in [0.25, 0.3) is 0 Å². The van der Waals surface area contributed by atoms with E-state index in [1.807, 2.05) is 6.92 Å². The minimum Gasteiger partial charge on any atom is -0.480 e. The first-order chi connectivity index (χ1) is 9.14. The molecule has 0 aromatic heterocycles. The maximum Gasteiger partial charge on any atom is 0.401 e. The molecule has 0 fully saturated rings. The molecule has 1 unspecified atom stereocenters. The Bertz CT molecular complexity index is 298. The van der Waals surface area contributed by atoms with E-state index in [-0.39, 0.29) is 13.0 Å². The lowest BCUT2D eigenvalue weighted by molar-refractivity contribution is -0.148. The van der Waals surface area contributed by atoms with Gasteiger partial charge in [-0.1, -0.05) is 13.8 Å². The smallest absolute Gasteiger partial charge is 0.401 e. The van der Waals surface area contributed by atoms with Crippen LogP contribution in [0.1, 0.15) is 40.0 Å². The van der Waals surface area contributed by atoms with Crippen molar-refractivity contribution in [3.8, 4) is 0 Å². The summed E-state index contributed by atoms with van der Waals surface area (Å²) in [4.78, 5) is 12.5. The normalized spacial score (nSPS) is 15.3. The van der Waals surface area contributed by atoms with Crippen molar-refractivity contribution in [2.45, 2.75) is 51.7 Å². The van der Waals surface area contributed by atoms with Crippen molar-refractivity contribution >= 4 is 5.97 Å². The maximum atomic E-state index is 12.4. The van der Waals surface area contributed by atoms with Crippen LogP contribution in [0.15, 0.2) is 0 Å². The number of aliphatic carboxylic acids is 1. The molecule has 7 heteroatoms. The monoisotopic (exact) mass is 298 g/mol. The third-order valence-electron chi connectivity index (χ3n) is 3.11. The van der Waals surface area contributed by atoms with Gasteiger partial charge in [-0.3, -0.25) is 9.69 Å². The molecule has 0 heterocycles. The second-order valence-electron chi connectivity index (χ2n) is 5.21. The molecule has 20 heavy (non-hydrogen) atoms. The molecule has 0 amide bonds. The van der Waals surface area contributed by atoms with Crippen molar-refractivity contribution in [3.05, 3.63) is 0 Å². The van der Waals surface area contributed by atoms with Crippen LogP contribution in [0.4, 0.5) is 13.2 Å². The summed E-state index contributed by atoms with van der Waals surface area (Å²) in [6.07, 6.45) is -2.75. The molecule has 0 rings (SSSR count). The fraction of sp³-hybridized carbons (Fsp3) is 0.923. The van der Waals surface area contributed by atoms with E-state index in [9.17, 15) is 23.1 Å². The molecular formula is C13H25F3N2O2. The van der Waals surface area contributed by atoms with Crippen LogP contribution in [-0.2, 0) is 4.79 Å². The number of nitrogens with zero attached hydrogens (tertiary/aromatic N) is 1. The minimum absolute atomic E-state index is 0.104. The topological polar surface area (TPSA) is 52.6 Å². The number of hydrogen-bond donors (Lipinski definition) is 2. The van der Waals surface area contributed by atoms with E-state index in [1.54, 1.807) is 6.92 Å². The van der Waals surface area contributed by atoms with Crippen LogP contribution in [0.3, 0.4) is 0 Å². The van der Waals surface area contributed by atoms with Gasteiger partial charge >= 0.3 is 12.1 Å². The average molecular weight is 298 g/mol. The van der Waals surface area contributed by atoms with Gasteiger partial charge in [0, 0.05) is 6.54 Å². The van der Waals surface area contributed by atoms with Crippen LogP contribution in [0.2, 0.25) is 0 Å². The lowest BCUT2D eigenvalue weighted by Gasteiger charge is -2.30. The predicted molar refractivity (Wildman–Crippen MR) is 71.7 cm³/mol. The second-order valence-corrected chi connectivity index (χ2v) is 5.21. The maximum absolute atomic E-state index is 12.4. The molecule has 0 aromatic rings. The number of carboxylic acid groups (broad SMARTS) is 1. The van der Waals surface area contributed by atoms with Gasteiger partial charge in [-0.05, 0) is 39.3 Å². The van der Waals surface area contributed by atoms with Crippen molar-refractivity contribution in [1.29, 1.82) is 0 Å². The number of nitrogens with one attached hydrogen (secondary N) is 1. The number of halogens is 3. The lowest BCUT2D eigenvalue weighted by atomic mass is 9.97. The molecule has 0 spiro atoms. The Morgan fingerprint density at radius 2 is 1.80 bits per heavy atom. The SMILES string of the molecule is CCCNC(C)(CCN(CCC)CC(F)(F)F)C(=O)O. The van der Waals surface area contributed by atoms with Gasteiger partial charge in [0.15, 0.2) is 0 Å². The first-order valence-electron chi connectivity index (χ1n) is 6.92. The Morgan fingerprint density at radius 3 is 2.20 bits per heavy atom. The summed E-state index contributed by atoms with van der Waals surface area (Å²) in [5.41, 5.74) is -1.19. The van der Waals surface area contributed by atoms with Gasteiger partial charge in [0.25, 0.3) is 0 Å².